The summed E-state index contributed by atoms with van der Waals surface area (Å²) in [5.74, 6) is 0.926. The van der Waals surface area contributed by atoms with E-state index in [1.54, 1.807) is 0 Å². The van der Waals surface area contributed by atoms with E-state index in [1.807, 2.05) is 6.07 Å². The van der Waals surface area contributed by atoms with E-state index >= 15 is 0 Å². The predicted molar refractivity (Wildman–Crippen MR) is 61.3 cm³/mol. The van der Waals surface area contributed by atoms with Gasteiger partial charge < -0.3 is 9.80 Å². The zero-order valence-corrected chi connectivity index (χ0v) is 9.78. The molecule has 0 aromatic carbocycles. The van der Waals surface area contributed by atoms with Gasteiger partial charge in [-0.15, -0.1) is 0 Å². The van der Waals surface area contributed by atoms with Crippen LogP contribution >= 0.6 is 11.6 Å². The molecule has 1 aromatic heterocycles. The van der Waals surface area contributed by atoms with Crippen molar-refractivity contribution in [1.29, 1.82) is 0 Å². The van der Waals surface area contributed by atoms with Crippen molar-refractivity contribution in [2.75, 3.05) is 31.6 Å². The minimum atomic E-state index is 0.506. The van der Waals surface area contributed by atoms with Crippen molar-refractivity contribution < 1.29 is 0 Å². The van der Waals surface area contributed by atoms with Gasteiger partial charge >= 0.3 is 0 Å². The van der Waals surface area contributed by atoms with Gasteiger partial charge in [-0.3, -0.25) is 0 Å². The van der Waals surface area contributed by atoms with Crippen molar-refractivity contribution in [2.24, 2.45) is 0 Å². The van der Waals surface area contributed by atoms with E-state index in [2.05, 4.69) is 33.7 Å². The molecule has 1 atom stereocenters. The molecule has 1 fully saturated rings. The van der Waals surface area contributed by atoms with Crippen LogP contribution in [0, 0.1) is 0 Å². The molecule has 4 nitrogen and oxygen atoms in total. The average molecular weight is 227 g/mol. The fourth-order valence-corrected chi connectivity index (χ4v) is 1.89. The van der Waals surface area contributed by atoms with Crippen LogP contribution < -0.4 is 4.90 Å². The number of aromatic nitrogens is 2. The van der Waals surface area contributed by atoms with E-state index in [0.29, 0.717) is 11.2 Å². The molecule has 1 aromatic rings. The monoisotopic (exact) mass is 226 g/mol. The molecule has 0 bridgehead atoms. The molecule has 82 valence electrons. The summed E-state index contributed by atoms with van der Waals surface area (Å²) in [4.78, 5) is 12.7. The zero-order chi connectivity index (χ0) is 10.8. The van der Waals surface area contributed by atoms with Crippen LogP contribution in [-0.2, 0) is 0 Å². The number of piperazine rings is 1. The zero-order valence-electron chi connectivity index (χ0n) is 9.02. The topological polar surface area (TPSA) is 32.3 Å². The second-order valence-electron chi connectivity index (χ2n) is 3.97. The van der Waals surface area contributed by atoms with Crippen LogP contribution in [0.1, 0.15) is 6.92 Å². The third-order valence-electron chi connectivity index (χ3n) is 2.90. The van der Waals surface area contributed by atoms with Crippen molar-refractivity contribution in [3.63, 3.8) is 0 Å². The molecule has 0 unspecified atom stereocenters. The molecule has 0 N–H and O–H groups in total. The summed E-state index contributed by atoms with van der Waals surface area (Å²) in [6, 6.07) is 2.37. The van der Waals surface area contributed by atoms with Gasteiger partial charge in [0.2, 0.25) is 0 Å². The summed E-state index contributed by atoms with van der Waals surface area (Å²) in [7, 11) is 2.15. The van der Waals surface area contributed by atoms with Gasteiger partial charge in [-0.05, 0) is 14.0 Å². The summed E-state index contributed by atoms with van der Waals surface area (Å²) < 4.78 is 0. The molecular weight excluding hydrogens is 212 g/mol. The number of hydrogen-bond donors (Lipinski definition) is 0. The van der Waals surface area contributed by atoms with E-state index in [9.17, 15) is 0 Å². The first-order valence-corrected chi connectivity index (χ1v) is 5.47. The third kappa shape index (κ3) is 2.38. The summed E-state index contributed by atoms with van der Waals surface area (Å²) >= 11 is 5.84. The molecule has 5 heteroatoms. The lowest BCUT2D eigenvalue weighted by atomic mass is 10.2. The largest absolute Gasteiger partial charge is 0.354 e. The first-order valence-electron chi connectivity index (χ1n) is 5.09. The maximum atomic E-state index is 5.84. The van der Waals surface area contributed by atoms with E-state index in [4.69, 9.17) is 11.6 Å². The van der Waals surface area contributed by atoms with Gasteiger partial charge in [-0.25, -0.2) is 9.97 Å². The fraction of sp³-hybridized carbons (Fsp3) is 0.600. The Labute approximate surface area is 94.9 Å². The second kappa shape index (κ2) is 4.33. The second-order valence-corrected chi connectivity index (χ2v) is 4.36. The minimum Gasteiger partial charge on any atom is -0.354 e. The first-order chi connectivity index (χ1) is 7.16. The normalized spacial score (nSPS) is 23.1. The van der Waals surface area contributed by atoms with Crippen LogP contribution in [-0.4, -0.2) is 47.6 Å². The molecular formula is C10H15ClN4. The number of halogens is 1. The van der Waals surface area contributed by atoms with Gasteiger partial charge in [0.1, 0.15) is 17.3 Å². The van der Waals surface area contributed by atoms with Crippen molar-refractivity contribution >= 4 is 17.4 Å². The van der Waals surface area contributed by atoms with Crippen molar-refractivity contribution in [1.82, 2.24) is 14.9 Å². The van der Waals surface area contributed by atoms with E-state index in [0.717, 1.165) is 25.5 Å². The van der Waals surface area contributed by atoms with Gasteiger partial charge in [0.25, 0.3) is 0 Å². The highest BCUT2D eigenvalue weighted by Gasteiger charge is 2.21. The first kappa shape index (κ1) is 10.6. The van der Waals surface area contributed by atoms with Gasteiger partial charge in [-0.2, -0.15) is 0 Å². The molecule has 1 aliphatic heterocycles. The smallest absolute Gasteiger partial charge is 0.134 e. The quantitative estimate of drug-likeness (QED) is 0.676. The number of rotatable bonds is 1. The Morgan fingerprint density at radius 3 is 2.87 bits per heavy atom. The highest BCUT2D eigenvalue weighted by molar-refractivity contribution is 6.29. The third-order valence-corrected chi connectivity index (χ3v) is 3.11. The fourth-order valence-electron chi connectivity index (χ4n) is 1.75. The lowest BCUT2D eigenvalue weighted by molar-refractivity contribution is 0.233. The average Bonchev–Trinajstić information content (AvgIpc) is 2.22. The molecule has 1 saturated heterocycles. The summed E-state index contributed by atoms with van der Waals surface area (Å²) in [6.07, 6.45) is 1.51. The van der Waals surface area contributed by atoms with Gasteiger partial charge in [0.05, 0.1) is 0 Å². The summed E-state index contributed by atoms with van der Waals surface area (Å²) in [5.41, 5.74) is 0. The van der Waals surface area contributed by atoms with Crippen molar-refractivity contribution in [2.45, 2.75) is 13.0 Å². The molecule has 0 spiro atoms. The van der Waals surface area contributed by atoms with Gasteiger partial charge in [-0.1, -0.05) is 11.6 Å². The SMILES string of the molecule is C[C@H]1CN(c2cc(Cl)ncn2)CCN1C. The Morgan fingerprint density at radius 1 is 1.40 bits per heavy atom. The highest BCUT2D eigenvalue weighted by atomic mass is 35.5. The minimum absolute atomic E-state index is 0.506. The summed E-state index contributed by atoms with van der Waals surface area (Å²) in [5, 5.41) is 0.506. The lowest BCUT2D eigenvalue weighted by Crippen LogP contribution is -2.50. The van der Waals surface area contributed by atoms with Crippen LogP contribution in [0.15, 0.2) is 12.4 Å². The maximum Gasteiger partial charge on any atom is 0.134 e. The van der Waals surface area contributed by atoms with Gasteiger partial charge in [0, 0.05) is 31.7 Å². The molecule has 0 saturated carbocycles. The molecule has 2 heterocycles. The molecule has 15 heavy (non-hydrogen) atoms. The molecule has 0 radical (unpaired) electrons. The summed E-state index contributed by atoms with van der Waals surface area (Å²) in [6.45, 7) is 5.26. The standard InChI is InChI=1S/C10H15ClN4/c1-8-6-15(4-3-14(8)2)10-5-9(11)12-7-13-10/h5,7-8H,3-4,6H2,1-2H3/t8-/m0/s1. The van der Waals surface area contributed by atoms with Gasteiger partial charge in [0.15, 0.2) is 0 Å². The Balaban J connectivity index is 2.12. The van der Waals surface area contributed by atoms with Crippen LogP contribution in [0.5, 0.6) is 0 Å². The van der Waals surface area contributed by atoms with Crippen LogP contribution in [0.3, 0.4) is 0 Å². The molecule has 0 amide bonds. The lowest BCUT2D eigenvalue weighted by Gasteiger charge is -2.38. The van der Waals surface area contributed by atoms with Crippen molar-refractivity contribution in [3.05, 3.63) is 17.5 Å². The van der Waals surface area contributed by atoms with E-state index < -0.39 is 0 Å². The predicted octanol–water partition coefficient (Wildman–Crippen LogP) is 1.27. The molecule has 1 aliphatic rings. The van der Waals surface area contributed by atoms with Crippen LogP contribution in [0.2, 0.25) is 5.15 Å². The maximum absolute atomic E-state index is 5.84. The molecule has 0 aliphatic carbocycles. The number of hydrogen-bond acceptors (Lipinski definition) is 4. The van der Waals surface area contributed by atoms with Crippen LogP contribution in [0.25, 0.3) is 0 Å². The van der Waals surface area contributed by atoms with Crippen LogP contribution in [0.4, 0.5) is 5.82 Å². The Bertz CT molecular complexity index is 344. The Morgan fingerprint density at radius 2 is 2.20 bits per heavy atom. The number of anilines is 1. The Hall–Kier alpha value is -0.870. The number of likely N-dealkylation sites (N-methyl/N-ethyl adjacent to an activating group) is 1. The van der Waals surface area contributed by atoms with E-state index in [1.165, 1.54) is 6.33 Å². The Kier molecular flexibility index (Phi) is 3.07. The van der Waals surface area contributed by atoms with E-state index in [-0.39, 0.29) is 0 Å². The molecule has 2 rings (SSSR count). The highest BCUT2D eigenvalue weighted by Crippen LogP contribution is 2.17. The van der Waals surface area contributed by atoms with Crippen molar-refractivity contribution in [3.8, 4) is 0 Å². The number of nitrogens with zero attached hydrogens (tertiary/aromatic N) is 4.